The third-order valence-electron chi connectivity index (χ3n) is 6.41. The van der Waals surface area contributed by atoms with Crippen LogP contribution in [0.3, 0.4) is 0 Å². The molecule has 2 fully saturated rings. The molecule has 0 bridgehead atoms. The van der Waals surface area contributed by atoms with Crippen molar-refractivity contribution in [2.45, 2.75) is 38.7 Å². The maximum atomic E-state index is 13.0. The number of nitrogens with zero attached hydrogens (tertiary/aromatic N) is 8. The molecule has 5 heterocycles. The minimum Gasteiger partial charge on any atom is -0.368 e. The van der Waals surface area contributed by atoms with Gasteiger partial charge in [-0.1, -0.05) is 0 Å². The maximum Gasteiger partial charge on any atom is 0.451 e. The molecular formula is C20H20F6N8. The van der Waals surface area contributed by atoms with Gasteiger partial charge in [0.1, 0.15) is 6.54 Å². The van der Waals surface area contributed by atoms with Gasteiger partial charge in [-0.3, -0.25) is 0 Å². The summed E-state index contributed by atoms with van der Waals surface area (Å²) in [5.41, 5.74) is 0.945. The Morgan fingerprint density at radius 3 is 2.21 bits per heavy atom. The fourth-order valence-electron chi connectivity index (χ4n) is 4.76. The first-order chi connectivity index (χ1) is 15.9. The molecule has 1 atom stereocenters. The molecule has 1 unspecified atom stereocenters. The number of alkyl halides is 6. The number of aryl methyl sites for hydroxylation is 1. The first-order valence-corrected chi connectivity index (χ1v) is 10.6. The monoisotopic (exact) mass is 486 g/mol. The van der Waals surface area contributed by atoms with Crippen LogP contribution in [0, 0.1) is 12.3 Å². The van der Waals surface area contributed by atoms with Gasteiger partial charge in [-0.25, -0.2) is 19.6 Å². The van der Waals surface area contributed by atoms with Gasteiger partial charge in [-0.2, -0.15) is 36.4 Å². The first kappa shape index (κ1) is 22.6. The average Bonchev–Trinajstić information content (AvgIpc) is 3.45. The lowest BCUT2D eigenvalue weighted by Crippen LogP contribution is -2.31. The van der Waals surface area contributed by atoms with Gasteiger partial charge >= 0.3 is 12.4 Å². The maximum absolute atomic E-state index is 13.0. The van der Waals surface area contributed by atoms with Crippen LogP contribution >= 0.6 is 0 Å². The number of hydrogen-bond acceptors (Lipinski definition) is 7. The van der Waals surface area contributed by atoms with E-state index in [9.17, 15) is 26.3 Å². The standard InChI is InChI=1S/C20H20F6N8/c1-12-14-8-29-17(30-15(14)34(31-12)11-19(21,22)23)33-5-3-18(10-33)2-4-32(9-18)13-6-27-16(28-7-13)20(24,25)26/h6-8H,2-5,9-11H2,1H3. The molecule has 14 heteroatoms. The number of anilines is 2. The van der Waals surface area contributed by atoms with Crippen molar-refractivity contribution < 1.29 is 26.3 Å². The summed E-state index contributed by atoms with van der Waals surface area (Å²) in [5.74, 6) is -0.839. The number of halogens is 6. The van der Waals surface area contributed by atoms with Crippen LogP contribution in [0.5, 0.6) is 0 Å². The average molecular weight is 486 g/mol. The second-order valence-corrected chi connectivity index (χ2v) is 8.87. The van der Waals surface area contributed by atoms with E-state index in [-0.39, 0.29) is 11.1 Å². The normalized spacial score (nSPS) is 21.4. The summed E-state index contributed by atoms with van der Waals surface area (Å²) >= 11 is 0. The topological polar surface area (TPSA) is 75.9 Å². The zero-order valence-electron chi connectivity index (χ0n) is 18.0. The lowest BCUT2D eigenvalue weighted by Gasteiger charge is -2.25. The van der Waals surface area contributed by atoms with Crippen LogP contribution in [-0.4, -0.2) is 62.1 Å². The van der Waals surface area contributed by atoms with E-state index in [1.807, 2.05) is 9.80 Å². The van der Waals surface area contributed by atoms with Crippen molar-refractivity contribution in [2.24, 2.45) is 5.41 Å². The van der Waals surface area contributed by atoms with E-state index in [1.165, 1.54) is 18.6 Å². The zero-order chi connectivity index (χ0) is 24.3. The minimum atomic E-state index is -4.59. The summed E-state index contributed by atoms with van der Waals surface area (Å²) < 4.78 is 77.9. The molecular weight excluding hydrogens is 466 g/mol. The van der Waals surface area contributed by atoms with Crippen molar-refractivity contribution in [3.63, 3.8) is 0 Å². The molecule has 182 valence electrons. The van der Waals surface area contributed by atoms with Gasteiger partial charge in [0, 0.05) is 37.8 Å². The zero-order valence-corrected chi connectivity index (χ0v) is 18.0. The molecule has 2 aliphatic rings. The summed E-state index contributed by atoms with van der Waals surface area (Å²) in [6.07, 6.45) is -3.55. The summed E-state index contributed by atoms with van der Waals surface area (Å²) in [5, 5.41) is 4.43. The summed E-state index contributed by atoms with van der Waals surface area (Å²) in [4.78, 5) is 19.5. The SMILES string of the molecule is Cc1nn(CC(F)(F)F)c2nc(N3CCC4(CCN(c5cnc(C(F)(F)F)nc5)C4)C3)ncc12. The Balaban J connectivity index is 1.32. The summed E-state index contributed by atoms with van der Waals surface area (Å²) in [7, 11) is 0. The van der Waals surface area contributed by atoms with E-state index in [0.29, 0.717) is 48.9 Å². The predicted octanol–water partition coefficient (Wildman–Crippen LogP) is 3.61. The second-order valence-electron chi connectivity index (χ2n) is 8.87. The van der Waals surface area contributed by atoms with Gasteiger partial charge in [0.15, 0.2) is 5.65 Å². The van der Waals surface area contributed by atoms with Crippen molar-refractivity contribution in [3.8, 4) is 0 Å². The van der Waals surface area contributed by atoms with Crippen LogP contribution in [0.2, 0.25) is 0 Å². The van der Waals surface area contributed by atoms with E-state index in [1.54, 1.807) is 6.92 Å². The van der Waals surface area contributed by atoms with E-state index < -0.39 is 24.7 Å². The smallest absolute Gasteiger partial charge is 0.368 e. The van der Waals surface area contributed by atoms with Crippen LogP contribution in [0.15, 0.2) is 18.6 Å². The van der Waals surface area contributed by atoms with Crippen LogP contribution in [0.4, 0.5) is 38.0 Å². The number of rotatable bonds is 3. The van der Waals surface area contributed by atoms with Gasteiger partial charge in [0.2, 0.25) is 11.8 Å². The molecule has 0 aliphatic carbocycles. The molecule has 0 amide bonds. The first-order valence-electron chi connectivity index (χ1n) is 10.6. The molecule has 2 saturated heterocycles. The van der Waals surface area contributed by atoms with Crippen LogP contribution in [-0.2, 0) is 12.7 Å². The largest absolute Gasteiger partial charge is 0.451 e. The number of fused-ring (bicyclic) bond motifs is 1. The van der Waals surface area contributed by atoms with Crippen molar-refractivity contribution in [1.29, 1.82) is 0 Å². The Morgan fingerprint density at radius 2 is 1.56 bits per heavy atom. The molecule has 1 spiro atoms. The van der Waals surface area contributed by atoms with E-state index in [0.717, 1.165) is 17.5 Å². The van der Waals surface area contributed by atoms with Crippen LogP contribution < -0.4 is 9.80 Å². The highest BCUT2D eigenvalue weighted by atomic mass is 19.4. The van der Waals surface area contributed by atoms with Crippen LogP contribution in [0.25, 0.3) is 11.0 Å². The molecule has 2 aliphatic heterocycles. The summed E-state index contributed by atoms with van der Waals surface area (Å²) in [6.45, 7) is 2.83. The number of aromatic nitrogens is 6. The molecule has 34 heavy (non-hydrogen) atoms. The van der Waals surface area contributed by atoms with Gasteiger partial charge in [-0.15, -0.1) is 0 Å². The molecule has 0 radical (unpaired) electrons. The lowest BCUT2D eigenvalue weighted by atomic mass is 9.86. The summed E-state index contributed by atoms with van der Waals surface area (Å²) in [6, 6.07) is 0. The van der Waals surface area contributed by atoms with Crippen molar-refractivity contribution >= 4 is 22.7 Å². The van der Waals surface area contributed by atoms with E-state index >= 15 is 0 Å². The molecule has 8 nitrogen and oxygen atoms in total. The lowest BCUT2D eigenvalue weighted by molar-refractivity contribution is -0.145. The van der Waals surface area contributed by atoms with E-state index in [2.05, 4.69) is 25.0 Å². The quantitative estimate of drug-likeness (QED) is 0.524. The van der Waals surface area contributed by atoms with Crippen molar-refractivity contribution in [3.05, 3.63) is 30.1 Å². The highest BCUT2D eigenvalue weighted by molar-refractivity contribution is 5.78. The molecule has 0 saturated carbocycles. The predicted molar refractivity (Wildman–Crippen MR) is 109 cm³/mol. The fourth-order valence-corrected chi connectivity index (χ4v) is 4.76. The highest BCUT2D eigenvalue weighted by Crippen LogP contribution is 2.42. The van der Waals surface area contributed by atoms with Gasteiger partial charge in [0.25, 0.3) is 0 Å². The molecule has 5 rings (SSSR count). The van der Waals surface area contributed by atoms with Crippen molar-refractivity contribution in [2.75, 3.05) is 36.0 Å². The minimum absolute atomic E-state index is 0.135. The Hall–Kier alpha value is -3.19. The van der Waals surface area contributed by atoms with Gasteiger partial charge in [-0.05, 0) is 19.8 Å². The molecule has 3 aromatic heterocycles. The third kappa shape index (κ3) is 4.20. The van der Waals surface area contributed by atoms with E-state index in [4.69, 9.17) is 0 Å². The van der Waals surface area contributed by atoms with Gasteiger partial charge in [0.05, 0.1) is 29.2 Å². The van der Waals surface area contributed by atoms with Gasteiger partial charge < -0.3 is 9.80 Å². The highest BCUT2D eigenvalue weighted by Gasteiger charge is 2.45. The second kappa shape index (κ2) is 7.67. The number of hydrogen-bond donors (Lipinski definition) is 0. The molecule has 0 aromatic carbocycles. The van der Waals surface area contributed by atoms with Crippen LogP contribution in [0.1, 0.15) is 24.4 Å². The third-order valence-corrected chi connectivity index (χ3v) is 6.41. The molecule has 0 N–H and O–H groups in total. The van der Waals surface area contributed by atoms with Crippen molar-refractivity contribution in [1.82, 2.24) is 29.7 Å². The Morgan fingerprint density at radius 1 is 0.912 bits per heavy atom. The Labute approximate surface area is 189 Å². The Bertz CT molecular complexity index is 1200. The molecule has 3 aromatic rings. The Kier molecular flexibility index (Phi) is 5.09. The fraction of sp³-hybridized carbons (Fsp3) is 0.550.